The standard InChI is InChI=1S/C20H17N5O4/c1-27-14-6-4-13(5-7-14)25-11-12(9-18(25)26)19-21-20(29-24-19)16-10-15(22-23-16)17-3-2-8-28-17/h2-8,10,12H,9,11H2,1H3,(H,22,23). The van der Waals surface area contributed by atoms with Crippen LogP contribution in [-0.4, -0.2) is 39.9 Å². The van der Waals surface area contributed by atoms with Gasteiger partial charge in [-0.15, -0.1) is 0 Å². The highest BCUT2D eigenvalue weighted by molar-refractivity contribution is 5.96. The molecule has 9 nitrogen and oxygen atoms in total. The second-order valence-electron chi connectivity index (χ2n) is 6.71. The quantitative estimate of drug-likeness (QED) is 0.556. The Morgan fingerprint density at radius 2 is 2.10 bits per heavy atom. The SMILES string of the molecule is COc1ccc(N2CC(c3noc(-c4cc(-c5ccco5)n[nH]4)n3)CC2=O)cc1. The number of H-pyrrole nitrogens is 1. The average molecular weight is 391 g/mol. The Hall–Kier alpha value is -3.88. The van der Waals surface area contributed by atoms with Crippen LogP contribution in [0.5, 0.6) is 5.75 Å². The maximum absolute atomic E-state index is 12.5. The van der Waals surface area contributed by atoms with Crippen molar-refractivity contribution >= 4 is 11.6 Å². The van der Waals surface area contributed by atoms with Crippen LogP contribution in [0.3, 0.4) is 0 Å². The van der Waals surface area contributed by atoms with Gasteiger partial charge < -0.3 is 18.6 Å². The maximum atomic E-state index is 12.5. The lowest BCUT2D eigenvalue weighted by molar-refractivity contribution is -0.117. The zero-order chi connectivity index (χ0) is 19.8. The molecule has 1 N–H and O–H groups in total. The van der Waals surface area contributed by atoms with Crippen molar-refractivity contribution in [3.8, 4) is 28.8 Å². The molecule has 0 saturated carbocycles. The minimum atomic E-state index is -0.144. The fourth-order valence-electron chi connectivity index (χ4n) is 3.38. The second kappa shape index (κ2) is 6.93. The van der Waals surface area contributed by atoms with E-state index in [-0.39, 0.29) is 11.8 Å². The first-order valence-electron chi connectivity index (χ1n) is 9.09. The second-order valence-corrected chi connectivity index (χ2v) is 6.71. The van der Waals surface area contributed by atoms with Gasteiger partial charge in [0.1, 0.15) is 17.1 Å². The summed E-state index contributed by atoms with van der Waals surface area (Å²) in [5, 5.41) is 11.2. The number of nitrogens with zero attached hydrogens (tertiary/aromatic N) is 4. The third kappa shape index (κ3) is 3.16. The molecular weight excluding hydrogens is 374 g/mol. The van der Waals surface area contributed by atoms with Crippen molar-refractivity contribution < 1.29 is 18.5 Å². The zero-order valence-electron chi connectivity index (χ0n) is 15.5. The highest BCUT2D eigenvalue weighted by atomic mass is 16.5. The fraction of sp³-hybridized carbons (Fsp3) is 0.200. The van der Waals surface area contributed by atoms with Crippen molar-refractivity contribution in [1.82, 2.24) is 20.3 Å². The van der Waals surface area contributed by atoms with Gasteiger partial charge in [-0.25, -0.2) is 0 Å². The molecule has 5 rings (SSSR count). The van der Waals surface area contributed by atoms with E-state index in [1.807, 2.05) is 30.3 Å². The lowest BCUT2D eigenvalue weighted by Crippen LogP contribution is -2.24. The first-order valence-corrected chi connectivity index (χ1v) is 9.09. The van der Waals surface area contributed by atoms with Gasteiger partial charge in [0.25, 0.3) is 5.89 Å². The van der Waals surface area contributed by atoms with Gasteiger partial charge in [0, 0.05) is 30.6 Å². The number of amides is 1. The fourth-order valence-corrected chi connectivity index (χ4v) is 3.38. The molecule has 1 atom stereocenters. The minimum Gasteiger partial charge on any atom is -0.497 e. The summed E-state index contributed by atoms with van der Waals surface area (Å²) >= 11 is 0. The predicted octanol–water partition coefficient (Wildman–Crippen LogP) is 3.25. The molecule has 1 unspecified atom stereocenters. The molecule has 29 heavy (non-hydrogen) atoms. The summed E-state index contributed by atoms with van der Waals surface area (Å²) in [4.78, 5) is 18.7. The van der Waals surface area contributed by atoms with Crippen LogP contribution in [0.4, 0.5) is 5.69 Å². The van der Waals surface area contributed by atoms with Crippen LogP contribution in [0.2, 0.25) is 0 Å². The van der Waals surface area contributed by atoms with Crippen molar-refractivity contribution in [3.05, 3.63) is 54.6 Å². The molecule has 4 heterocycles. The summed E-state index contributed by atoms with van der Waals surface area (Å²) in [6, 6.07) is 12.8. The number of hydrogen-bond acceptors (Lipinski definition) is 7. The molecule has 0 bridgehead atoms. The van der Waals surface area contributed by atoms with Gasteiger partial charge >= 0.3 is 0 Å². The number of ether oxygens (including phenoxy) is 1. The summed E-state index contributed by atoms with van der Waals surface area (Å²) in [6.45, 7) is 0.491. The molecule has 0 spiro atoms. The van der Waals surface area contributed by atoms with E-state index in [9.17, 15) is 4.79 Å². The first kappa shape index (κ1) is 17.2. The van der Waals surface area contributed by atoms with E-state index in [1.165, 1.54) is 0 Å². The monoisotopic (exact) mass is 391 g/mol. The van der Waals surface area contributed by atoms with Gasteiger partial charge in [0.15, 0.2) is 11.6 Å². The molecule has 0 radical (unpaired) electrons. The molecule has 1 aromatic carbocycles. The molecule has 0 aliphatic carbocycles. The molecule has 146 valence electrons. The number of anilines is 1. The van der Waals surface area contributed by atoms with E-state index in [4.69, 9.17) is 13.7 Å². The lowest BCUT2D eigenvalue weighted by atomic mass is 10.1. The van der Waals surface area contributed by atoms with Crippen LogP contribution in [-0.2, 0) is 4.79 Å². The highest BCUT2D eigenvalue weighted by Crippen LogP contribution is 2.32. The predicted molar refractivity (Wildman–Crippen MR) is 102 cm³/mol. The van der Waals surface area contributed by atoms with E-state index < -0.39 is 0 Å². The van der Waals surface area contributed by atoms with Gasteiger partial charge in [0.05, 0.1) is 13.4 Å². The summed E-state index contributed by atoms with van der Waals surface area (Å²) in [6.07, 6.45) is 1.91. The van der Waals surface area contributed by atoms with E-state index >= 15 is 0 Å². The minimum absolute atomic E-state index is 0.0214. The van der Waals surface area contributed by atoms with Crippen LogP contribution in [0, 0.1) is 0 Å². The van der Waals surface area contributed by atoms with E-state index in [2.05, 4.69) is 20.3 Å². The van der Waals surface area contributed by atoms with Gasteiger partial charge in [-0.2, -0.15) is 10.1 Å². The maximum Gasteiger partial charge on any atom is 0.275 e. The Bertz CT molecular complexity index is 1130. The number of carbonyl (C=O) groups excluding carboxylic acids is 1. The highest BCUT2D eigenvalue weighted by Gasteiger charge is 2.34. The Morgan fingerprint density at radius 1 is 1.24 bits per heavy atom. The smallest absolute Gasteiger partial charge is 0.275 e. The van der Waals surface area contributed by atoms with Crippen LogP contribution in [0.25, 0.3) is 23.0 Å². The molecule has 3 aromatic heterocycles. The zero-order valence-corrected chi connectivity index (χ0v) is 15.5. The topological polar surface area (TPSA) is 110 Å². The molecule has 1 aliphatic rings. The Balaban J connectivity index is 1.33. The van der Waals surface area contributed by atoms with Gasteiger partial charge in [-0.1, -0.05) is 5.16 Å². The number of benzene rings is 1. The number of furan rings is 1. The molecule has 1 saturated heterocycles. The Labute approximate surface area is 165 Å². The summed E-state index contributed by atoms with van der Waals surface area (Å²) in [5.74, 6) is 2.08. The first-order chi connectivity index (χ1) is 14.2. The molecular formula is C20H17N5O4. The van der Waals surface area contributed by atoms with Crippen LogP contribution < -0.4 is 9.64 Å². The van der Waals surface area contributed by atoms with Gasteiger partial charge in [-0.05, 0) is 36.4 Å². The number of aromatic nitrogens is 4. The average Bonchev–Trinajstić information content (AvgIpc) is 3.53. The van der Waals surface area contributed by atoms with Crippen LogP contribution >= 0.6 is 0 Å². The van der Waals surface area contributed by atoms with Crippen molar-refractivity contribution in [2.45, 2.75) is 12.3 Å². The lowest BCUT2D eigenvalue weighted by Gasteiger charge is -2.16. The van der Waals surface area contributed by atoms with Crippen molar-refractivity contribution in [1.29, 1.82) is 0 Å². The number of carbonyl (C=O) groups is 1. The van der Waals surface area contributed by atoms with E-state index in [0.717, 1.165) is 11.4 Å². The number of rotatable bonds is 5. The largest absolute Gasteiger partial charge is 0.497 e. The van der Waals surface area contributed by atoms with Crippen LogP contribution in [0.1, 0.15) is 18.2 Å². The van der Waals surface area contributed by atoms with Crippen LogP contribution in [0.15, 0.2) is 57.7 Å². The number of aromatic amines is 1. The molecule has 4 aromatic rings. The van der Waals surface area contributed by atoms with E-state index in [0.29, 0.717) is 41.8 Å². The van der Waals surface area contributed by atoms with Gasteiger partial charge in [-0.3, -0.25) is 9.89 Å². The van der Waals surface area contributed by atoms with Crippen molar-refractivity contribution in [2.24, 2.45) is 0 Å². The van der Waals surface area contributed by atoms with Crippen molar-refractivity contribution in [3.63, 3.8) is 0 Å². The Kier molecular flexibility index (Phi) is 4.12. The summed E-state index contributed by atoms with van der Waals surface area (Å²) in [7, 11) is 1.61. The third-order valence-corrected chi connectivity index (χ3v) is 4.90. The molecule has 1 aliphatic heterocycles. The van der Waals surface area contributed by atoms with Crippen molar-refractivity contribution in [2.75, 3.05) is 18.6 Å². The summed E-state index contributed by atoms with van der Waals surface area (Å²) < 4.78 is 15.9. The summed E-state index contributed by atoms with van der Waals surface area (Å²) in [5.41, 5.74) is 2.05. The normalized spacial score (nSPS) is 16.5. The third-order valence-electron chi connectivity index (χ3n) is 4.90. The molecule has 1 amide bonds. The number of hydrogen-bond donors (Lipinski definition) is 1. The Morgan fingerprint density at radius 3 is 2.86 bits per heavy atom. The van der Waals surface area contributed by atoms with E-state index in [1.54, 1.807) is 30.4 Å². The molecule has 9 heteroatoms. The molecule has 1 fully saturated rings. The van der Waals surface area contributed by atoms with Gasteiger partial charge in [0.2, 0.25) is 5.91 Å². The number of methoxy groups -OCH3 is 1. The number of nitrogens with one attached hydrogen (secondary N) is 1.